The molecule has 6 heteroatoms. The van der Waals surface area contributed by atoms with E-state index in [-0.39, 0.29) is 18.2 Å². The molecule has 3 aromatic rings. The van der Waals surface area contributed by atoms with Crippen molar-refractivity contribution < 1.29 is 14.3 Å². The summed E-state index contributed by atoms with van der Waals surface area (Å²) in [6.07, 6.45) is 0. The second kappa shape index (κ2) is 7.53. The van der Waals surface area contributed by atoms with E-state index in [2.05, 4.69) is 15.2 Å². The lowest BCUT2D eigenvalue weighted by molar-refractivity contribution is 0.0514. The number of carbonyl (C=O) groups excluding carboxylic acids is 1. The molecule has 0 amide bonds. The predicted molar refractivity (Wildman–Crippen MR) is 92.5 cm³/mol. The molecule has 0 saturated heterocycles. The summed E-state index contributed by atoms with van der Waals surface area (Å²) in [4.78, 5) is 16.5. The molecule has 0 radical (unpaired) electrons. The van der Waals surface area contributed by atoms with Gasteiger partial charge in [-0.05, 0) is 26.0 Å². The topological polar surface area (TPSA) is 74.2 Å². The van der Waals surface area contributed by atoms with E-state index in [1.807, 2.05) is 49.4 Å². The van der Waals surface area contributed by atoms with Gasteiger partial charge in [-0.15, -0.1) is 10.2 Å². The highest BCUT2D eigenvalue weighted by atomic mass is 16.5. The molecule has 0 aliphatic carbocycles. The molecule has 1 heterocycles. The molecule has 0 saturated carbocycles. The van der Waals surface area contributed by atoms with E-state index in [0.717, 1.165) is 11.1 Å². The number of hydrogen-bond acceptors (Lipinski definition) is 6. The quantitative estimate of drug-likeness (QED) is 0.660. The molecule has 0 atom stereocenters. The van der Waals surface area contributed by atoms with Crippen LogP contribution in [0.4, 0.5) is 0 Å². The Labute approximate surface area is 145 Å². The first kappa shape index (κ1) is 16.6. The summed E-state index contributed by atoms with van der Waals surface area (Å²) in [5, 5.41) is 8.02. The molecule has 3 rings (SSSR count). The fourth-order valence-electron chi connectivity index (χ4n) is 2.14. The van der Waals surface area contributed by atoms with Gasteiger partial charge in [-0.3, -0.25) is 0 Å². The van der Waals surface area contributed by atoms with Crippen molar-refractivity contribution in [3.05, 3.63) is 65.9 Å². The van der Waals surface area contributed by atoms with Crippen LogP contribution in [-0.2, 0) is 4.74 Å². The standard InChI is InChI=1S/C19H17N3O3/c1-3-24-19(23)16-18(25-15-7-5-4-6-8-15)20-17(22-21-16)14-11-9-13(2)10-12-14/h4-12H,3H2,1-2H3. The zero-order valence-electron chi connectivity index (χ0n) is 14.0. The number of benzene rings is 2. The van der Waals surface area contributed by atoms with Crippen molar-refractivity contribution in [3.8, 4) is 23.0 Å². The lowest BCUT2D eigenvalue weighted by atomic mass is 10.1. The fourth-order valence-corrected chi connectivity index (χ4v) is 2.14. The van der Waals surface area contributed by atoms with Gasteiger partial charge in [0.15, 0.2) is 5.82 Å². The Morgan fingerprint density at radius 3 is 2.40 bits per heavy atom. The maximum Gasteiger partial charge on any atom is 0.364 e. The van der Waals surface area contributed by atoms with Gasteiger partial charge >= 0.3 is 5.97 Å². The first-order chi connectivity index (χ1) is 12.2. The summed E-state index contributed by atoms with van der Waals surface area (Å²) in [5.41, 5.74) is 1.86. The summed E-state index contributed by atoms with van der Waals surface area (Å²) in [5.74, 6) is 0.362. The van der Waals surface area contributed by atoms with Gasteiger partial charge in [0.05, 0.1) is 6.61 Å². The zero-order valence-corrected chi connectivity index (χ0v) is 14.0. The Hall–Kier alpha value is -3.28. The molecular formula is C19H17N3O3. The highest BCUT2D eigenvalue weighted by molar-refractivity contribution is 5.89. The lowest BCUT2D eigenvalue weighted by Crippen LogP contribution is -2.12. The molecule has 0 spiro atoms. The first-order valence-electron chi connectivity index (χ1n) is 7.89. The SMILES string of the molecule is CCOC(=O)c1nnc(-c2ccc(C)cc2)nc1Oc1ccccc1. The number of ether oxygens (including phenoxy) is 2. The Balaban J connectivity index is 2.01. The van der Waals surface area contributed by atoms with Crippen LogP contribution in [0.2, 0.25) is 0 Å². The third kappa shape index (κ3) is 3.98. The number of hydrogen-bond donors (Lipinski definition) is 0. The summed E-state index contributed by atoms with van der Waals surface area (Å²) >= 11 is 0. The number of aromatic nitrogens is 3. The van der Waals surface area contributed by atoms with Crippen LogP contribution in [0.5, 0.6) is 11.6 Å². The minimum Gasteiger partial charge on any atom is -0.461 e. The summed E-state index contributed by atoms with van der Waals surface area (Å²) in [7, 11) is 0. The first-order valence-corrected chi connectivity index (χ1v) is 7.89. The van der Waals surface area contributed by atoms with Crippen molar-refractivity contribution >= 4 is 5.97 Å². The van der Waals surface area contributed by atoms with Crippen molar-refractivity contribution in [3.63, 3.8) is 0 Å². The van der Waals surface area contributed by atoms with E-state index in [1.54, 1.807) is 19.1 Å². The van der Waals surface area contributed by atoms with Crippen LogP contribution in [-0.4, -0.2) is 27.8 Å². The van der Waals surface area contributed by atoms with Crippen LogP contribution in [0.15, 0.2) is 54.6 Å². The van der Waals surface area contributed by atoms with Gasteiger partial charge in [-0.1, -0.05) is 48.0 Å². The van der Waals surface area contributed by atoms with Crippen LogP contribution < -0.4 is 4.74 Å². The van der Waals surface area contributed by atoms with Gasteiger partial charge in [0.25, 0.3) is 5.88 Å². The van der Waals surface area contributed by atoms with Crippen molar-refractivity contribution in [2.45, 2.75) is 13.8 Å². The Morgan fingerprint density at radius 1 is 1.00 bits per heavy atom. The summed E-state index contributed by atoms with van der Waals surface area (Å²) < 4.78 is 10.8. The number of esters is 1. The number of nitrogens with zero attached hydrogens (tertiary/aromatic N) is 3. The van der Waals surface area contributed by atoms with E-state index >= 15 is 0 Å². The van der Waals surface area contributed by atoms with E-state index < -0.39 is 5.97 Å². The average molecular weight is 335 g/mol. The molecule has 0 N–H and O–H groups in total. The highest BCUT2D eigenvalue weighted by Crippen LogP contribution is 2.25. The molecule has 2 aromatic carbocycles. The Kier molecular flexibility index (Phi) is 4.99. The summed E-state index contributed by atoms with van der Waals surface area (Å²) in [6, 6.07) is 16.8. The maximum absolute atomic E-state index is 12.1. The molecule has 0 bridgehead atoms. The van der Waals surface area contributed by atoms with Crippen molar-refractivity contribution in [1.82, 2.24) is 15.2 Å². The largest absolute Gasteiger partial charge is 0.461 e. The maximum atomic E-state index is 12.1. The number of rotatable bonds is 5. The van der Waals surface area contributed by atoms with Crippen molar-refractivity contribution in [2.75, 3.05) is 6.61 Å². The average Bonchev–Trinajstić information content (AvgIpc) is 2.63. The van der Waals surface area contributed by atoms with Crippen molar-refractivity contribution in [2.24, 2.45) is 0 Å². The normalized spacial score (nSPS) is 10.3. The van der Waals surface area contributed by atoms with Gasteiger partial charge in [0.2, 0.25) is 5.69 Å². The van der Waals surface area contributed by atoms with Crippen LogP contribution in [0, 0.1) is 6.92 Å². The van der Waals surface area contributed by atoms with Gasteiger partial charge in [0.1, 0.15) is 5.75 Å². The number of para-hydroxylation sites is 1. The predicted octanol–water partition coefficient (Wildman–Crippen LogP) is 3.82. The highest BCUT2D eigenvalue weighted by Gasteiger charge is 2.20. The second-order valence-corrected chi connectivity index (χ2v) is 5.29. The molecule has 6 nitrogen and oxygen atoms in total. The molecule has 0 unspecified atom stereocenters. The Morgan fingerprint density at radius 2 is 1.72 bits per heavy atom. The molecule has 0 aliphatic rings. The van der Waals surface area contributed by atoms with Crippen LogP contribution >= 0.6 is 0 Å². The molecular weight excluding hydrogens is 318 g/mol. The monoisotopic (exact) mass is 335 g/mol. The third-order valence-corrected chi connectivity index (χ3v) is 3.39. The van der Waals surface area contributed by atoms with E-state index in [1.165, 1.54) is 0 Å². The molecule has 25 heavy (non-hydrogen) atoms. The number of aryl methyl sites for hydroxylation is 1. The van der Waals surface area contributed by atoms with Crippen LogP contribution in [0.3, 0.4) is 0 Å². The minimum absolute atomic E-state index is 0.0541. The lowest BCUT2D eigenvalue weighted by Gasteiger charge is -2.09. The van der Waals surface area contributed by atoms with Crippen LogP contribution in [0.1, 0.15) is 23.0 Å². The molecule has 0 fully saturated rings. The van der Waals surface area contributed by atoms with Gasteiger partial charge < -0.3 is 9.47 Å². The third-order valence-electron chi connectivity index (χ3n) is 3.39. The molecule has 1 aromatic heterocycles. The minimum atomic E-state index is -0.621. The van der Waals surface area contributed by atoms with E-state index in [0.29, 0.717) is 11.6 Å². The van der Waals surface area contributed by atoms with Crippen LogP contribution in [0.25, 0.3) is 11.4 Å². The fraction of sp³-hybridized carbons (Fsp3) is 0.158. The van der Waals surface area contributed by atoms with Gasteiger partial charge in [0, 0.05) is 5.56 Å². The summed E-state index contributed by atoms with van der Waals surface area (Å²) in [6.45, 7) is 3.94. The smallest absolute Gasteiger partial charge is 0.364 e. The van der Waals surface area contributed by atoms with Gasteiger partial charge in [-0.25, -0.2) is 4.79 Å². The Bertz CT molecular complexity index is 865. The molecule has 0 aliphatic heterocycles. The van der Waals surface area contributed by atoms with Crippen molar-refractivity contribution in [1.29, 1.82) is 0 Å². The zero-order chi connectivity index (χ0) is 17.6. The van der Waals surface area contributed by atoms with E-state index in [9.17, 15) is 4.79 Å². The van der Waals surface area contributed by atoms with E-state index in [4.69, 9.17) is 9.47 Å². The number of carbonyl (C=O) groups is 1. The molecule has 126 valence electrons. The van der Waals surface area contributed by atoms with Gasteiger partial charge in [-0.2, -0.15) is 4.98 Å². The second-order valence-electron chi connectivity index (χ2n) is 5.29.